The number of benzene rings is 1. The number of guanidine groups is 1. The van der Waals surface area contributed by atoms with E-state index in [2.05, 4.69) is 44.6 Å². The molecule has 164 valence electrons. The molecule has 2 heterocycles. The van der Waals surface area contributed by atoms with Crippen molar-refractivity contribution in [2.24, 2.45) is 4.99 Å². The number of nitrogens with zero attached hydrogens (tertiary/aromatic N) is 3. The first-order valence-electron chi connectivity index (χ1n) is 10.4. The second kappa shape index (κ2) is 10.3. The molecule has 1 unspecified atom stereocenters. The highest BCUT2D eigenvalue weighted by molar-refractivity contribution is 5.80. The Balaban J connectivity index is 1.57. The molecule has 1 aromatic heterocycles. The molecule has 0 spiro atoms. The monoisotopic (exact) mass is 415 g/mol. The van der Waals surface area contributed by atoms with E-state index in [0.717, 1.165) is 61.5 Å². The lowest BCUT2D eigenvalue weighted by Crippen LogP contribution is -2.44. The number of oxazole rings is 1. The first-order valence-corrected chi connectivity index (χ1v) is 10.4. The fourth-order valence-corrected chi connectivity index (χ4v) is 3.58. The van der Waals surface area contributed by atoms with Crippen LogP contribution in [0, 0.1) is 13.8 Å². The van der Waals surface area contributed by atoms with E-state index in [1.54, 1.807) is 14.2 Å². The molecule has 1 fully saturated rings. The van der Waals surface area contributed by atoms with E-state index in [1.807, 2.05) is 19.9 Å². The van der Waals surface area contributed by atoms with Crippen LogP contribution in [0.5, 0.6) is 11.5 Å². The average molecular weight is 416 g/mol. The van der Waals surface area contributed by atoms with Crippen LogP contribution in [0.1, 0.15) is 36.3 Å². The van der Waals surface area contributed by atoms with Gasteiger partial charge in [0, 0.05) is 38.3 Å². The van der Waals surface area contributed by atoms with Crippen LogP contribution in [-0.2, 0) is 13.1 Å². The third-order valence-electron chi connectivity index (χ3n) is 5.22. The minimum atomic E-state index is 0.336. The third kappa shape index (κ3) is 5.89. The van der Waals surface area contributed by atoms with Gasteiger partial charge in [0.05, 0.1) is 19.9 Å². The van der Waals surface area contributed by atoms with Crippen LogP contribution in [0.4, 0.5) is 0 Å². The normalized spacial score (nSPS) is 17.2. The van der Waals surface area contributed by atoms with Gasteiger partial charge < -0.3 is 24.5 Å². The van der Waals surface area contributed by atoms with E-state index in [0.29, 0.717) is 18.5 Å². The smallest absolute Gasteiger partial charge is 0.216 e. The highest BCUT2D eigenvalue weighted by atomic mass is 16.5. The number of ether oxygens (including phenoxy) is 2. The number of aromatic nitrogens is 1. The maximum absolute atomic E-state index is 5.63. The fraction of sp³-hybridized carbons (Fsp3) is 0.545. The average Bonchev–Trinajstić information content (AvgIpc) is 3.31. The molecule has 8 heteroatoms. The summed E-state index contributed by atoms with van der Waals surface area (Å²) in [6.07, 6.45) is 1.06. The lowest BCUT2D eigenvalue weighted by Gasteiger charge is -2.19. The lowest BCUT2D eigenvalue weighted by atomic mass is 10.2. The molecule has 3 rings (SSSR count). The van der Waals surface area contributed by atoms with Crippen molar-refractivity contribution in [3.63, 3.8) is 0 Å². The maximum atomic E-state index is 5.63. The molecular formula is C22H33N5O3. The molecule has 2 aromatic rings. The van der Waals surface area contributed by atoms with Crippen molar-refractivity contribution in [3.05, 3.63) is 41.1 Å². The lowest BCUT2D eigenvalue weighted by molar-refractivity contribution is 0.321. The van der Waals surface area contributed by atoms with Gasteiger partial charge in [-0.2, -0.15) is 0 Å². The topological polar surface area (TPSA) is 84.2 Å². The third-order valence-corrected chi connectivity index (χ3v) is 5.22. The summed E-state index contributed by atoms with van der Waals surface area (Å²) in [7, 11) is 3.35. The molecule has 1 saturated heterocycles. The van der Waals surface area contributed by atoms with E-state index in [-0.39, 0.29) is 0 Å². The number of aryl methyl sites for hydroxylation is 2. The van der Waals surface area contributed by atoms with Crippen LogP contribution in [0.2, 0.25) is 0 Å². The van der Waals surface area contributed by atoms with Crippen LogP contribution >= 0.6 is 0 Å². The van der Waals surface area contributed by atoms with E-state index in [1.165, 1.54) is 5.56 Å². The van der Waals surface area contributed by atoms with E-state index < -0.39 is 0 Å². The molecule has 8 nitrogen and oxygen atoms in total. The second-order valence-electron chi connectivity index (χ2n) is 7.53. The summed E-state index contributed by atoms with van der Waals surface area (Å²) in [6.45, 7) is 9.97. The van der Waals surface area contributed by atoms with Gasteiger partial charge >= 0.3 is 0 Å². The number of rotatable bonds is 8. The van der Waals surface area contributed by atoms with Crippen LogP contribution in [0.15, 0.2) is 27.6 Å². The summed E-state index contributed by atoms with van der Waals surface area (Å²) in [5, 5.41) is 6.86. The minimum absolute atomic E-state index is 0.336. The molecule has 1 aromatic carbocycles. The Morgan fingerprint density at radius 2 is 1.97 bits per heavy atom. The fourth-order valence-electron chi connectivity index (χ4n) is 3.58. The molecule has 0 amide bonds. The van der Waals surface area contributed by atoms with Gasteiger partial charge in [0.15, 0.2) is 5.96 Å². The molecule has 0 aliphatic carbocycles. The van der Waals surface area contributed by atoms with Crippen molar-refractivity contribution in [3.8, 4) is 11.5 Å². The first kappa shape index (κ1) is 22.0. The number of methoxy groups -OCH3 is 2. The number of aliphatic imine (C=N–C) groups is 1. The molecule has 1 aliphatic rings. The van der Waals surface area contributed by atoms with Gasteiger partial charge in [-0.1, -0.05) is 0 Å². The molecule has 30 heavy (non-hydrogen) atoms. The summed E-state index contributed by atoms with van der Waals surface area (Å²) in [4.78, 5) is 11.5. The van der Waals surface area contributed by atoms with Crippen LogP contribution in [-0.4, -0.2) is 55.7 Å². The Hall–Kier alpha value is -2.74. The Kier molecular flexibility index (Phi) is 7.57. The molecular weight excluding hydrogens is 382 g/mol. The van der Waals surface area contributed by atoms with Gasteiger partial charge in [0.2, 0.25) is 5.89 Å². The van der Waals surface area contributed by atoms with Crippen LogP contribution < -0.4 is 20.1 Å². The van der Waals surface area contributed by atoms with Gasteiger partial charge in [-0.3, -0.25) is 4.90 Å². The highest BCUT2D eigenvalue weighted by Crippen LogP contribution is 2.24. The Labute approximate surface area is 178 Å². The second-order valence-corrected chi connectivity index (χ2v) is 7.53. The Bertz CT molecular complexity index is 823. The van der Waals surface area contributed by atoms with Gasteiger partial charge in [0.25, 0.3) is 0 Å². The summed E-state index contributed by atoms with van der Waals surface area (Å²) >= 11 is 0. The zero-order valence-corrected chi connectivity index (χ0v) is 18.6. The van der Waals surface area contributed by atoms with Gasteiger partial charge in [0.1, 0.15) is 23.8 Å². The van der Waals surface area contributed by atoms with Crippen LogP contribution in [0.3, 0.4) is 0 Å². The first-order chi connectivity index (χ1) is 14.5. The van der Waals surface area contributed by atoms with Crippen molar-refractivity contribution in [2.45, 2.75) is 46.3 Å². The van der Waals surface area contributed by atoms with E-state index in [9.17, 15) is 0 Å². The van der Waals surface area contributed by atoms with Gasteiger partial charge in [-0.15, -0.1) is 0 Å². The molecule has 2 N–H and O–H groups in total. The van der Waals surface area contributed by atoms with Crippen molar-refractivity contribution in [2.75, 3.05) is 33.9 Å². The van der Waals surface area contributed by atoms with Crippen molar-refractivity contribution >= 4 is 5.96 Å². The standard InChI is InChI=1S/C22H33N5O3/c1-6-23-22(24-12-21-25-15(2)16(3)30-21)26-18-7-8-27(14-18)13-17-9-19(28-4)11-20(10-17)29-5/h9-11,18H,6-8,12-14H2,1-5H3,(H2,23,24,26). The Morgan fingerprint density at radius 3 is 2.57 bits per heavy atom. The molecule has 1 aliphatic heterocycles. The van der Waals surface area contributed by atoms with Crippen molar-refractivity contribution in [1.82, 2.24) is 20.5 Å². The predicted octanol–water partition coefficient (Wildman–Crippen LogP) is 2.64. The summed E-state index contributed by atoms with van der Waals surface area (Å²) in [5.74, 6) is 3.91. The zero-order valence-electron chi connectivity index (χ0n) is 18.6. The van der Waals surface area contributed by atoms with E-state index >= 15 is 0 Å². The Morgan fingerprint density at radius 1 is 1.23 bits per heavy atom. The summed E-state index contributed by atoms with van der Waals surface area (Å²) in [5.41, 5.74) is 2.10. The SMILES string of the molecule is CCNC(=NCc1nc(C)c(C)o1)NC1CCN(Cc2cc(OC)cc(OC)c2)C1. The van der Waals surface area contributed by atoms with Crippen molar-refractivity contribution in [1.29, 1.82) is 0 Å². The number of hydrogen-bond donors (Lipinski definition) is 2. The molecule has 1 atom stereocenters. The number of hydrogen-bond acceptors (Lipinski definition) is 6. The summed E-state index contributed by atoms with van der Waals surface area (Å²) in [6, 6.07) is 6.36. The summed E-state index contributed by atoms with van der Waals surface area (Å²) < 4.78 is 16.4. The van der Waals surface area contributed by atoms with Crippen LogP contribution in [0.25, 0.3) is 0 Å². The molecule has 0 radical (unpaired) electrons. The molecule has 0 saturated carbocycles. The zero-order chi connectivity index (χ0) is 21.5. The van der Waals surface area contributed by atoms with Gasteiger partial charge in [-0.05, 0) is 44.9 Å². The molecule has 0 bridgehead atoms. The van der Waals surface area contributed by atoms with E-state index in [4.69, 9.17) is 13.9 Å². The minimum Gasteiger partial charge on any atom is -0.497 e. The largest absolute Gasteiger partial charge is 0.497 e. The predicted molar refractivity (Wildman–Crippen MR) is 117 cm³/mol. The maximum Gasteiger partial charge on any atom is 0.216 e. The number of likely N-dealkylation sites (tertiary alicyclic amines) is 1. The highest BCUT2D eigenvalue weighted by Gasteiger charge is 2.23. The quantitative estimate of drug-likeness (QED) is 0.506. The number of nitrogens with one attached hydrogen (secondary N) is 2. The van der Waals surface area contributed by atoms with Gasteiger partial charge in [-0.25, -0.2) is 9.98 Å². The van der Waals surface area contributed by atoms with Crippen molar-refractivity contribution < 1.29 is 13.9 Å².